The Morgan fingerprint density at radius 3 is 2.53 bits per heavy atom. The molecule has 2 aliphatic rings. The highest BCUT2D eigenvalue weighted by atomic mass is 35.5. The van der Waals surface area contributed by atoms with Crippen LogP contribution in [0.3, 0.4) is 0 Å². The summed E-state index contributed by atoms with van der Waals surface area (Å²) in [6.45, 7) is 7.04. The maximum Gasteiger partial charge on any atom is 0.294 e. The Morgan fingerprint density at radius 1 is 0.971 bits per heavy atom. The van der Waals surface area contributed by atoms with Gasteiger partial charge in [0.05, 0.1) is 27.3 Å². The lowest BCUT2D eigenvalue weighted by atomic mass is 9.72. The zero-order valence-electron chi connectivity index (χ0n) is 37.8. The summed E-state index contributed by atoms with van der Waals surface area (Å²) in [6, 6.07) is 31.7. The molecule has 16 heteroatoms. The lowest BCUT2D eigenvalue weighted by Gasteiger charge is -2.36. The number of aromatic nitrogens is 4. The summed E-state index contributed by atoms with van der Waals surface area (Å²) < 4.78 is 36.3. The van der Waals surface area contributed by atoms with E-state index < -0.39 is 31.4 Å². The summed E-state index contributed by atoms with van der Waals surface area (Å²) in [5.74, 6) is -0.367. The van der Waals surface area contributed by atoms with E-state index in [1.54, 1.807) is 43.7 Å². The zero-order chi connectivity index (χ0) is 47.6. The molecule has 0 unspecified atom stereocenters. The van der Waals surface area contributed by atoms with Crippen molar-refractivity contribution >= 4 is 67.0 Å². The standard InChI is InChI=1S/C52H49ClN8O6S/c1-52(2)22-17-39(45(31-52)36-9-12-40(53)13-10-36)33-60-25-20-35(21-26-60)37-11-15-44(48(29-37)67-42-28-38-18-23-54-49(38)56-32-42)50(62)58-68(65,66)43-14-16-46(47(30-43)61(63)64)59(3)51-55-24-19-41(57-51)27-34-7-5-4-6-8-34/h4-16,18-20,23-24,28-30,32H,17,21-22,25-27,31,33H2,1-3H3,(H,54,56)(H,58,62). The number of amides is 1. The molecule has 3 aromatic heterocycles. The molecule has 1 amide bonds. The van der Waals surface area contributed by atoms with Crippen LogP contribution in [-0.2, 0) is 16.4 Å². The highest BCUT2D eigenvalue weighted by Gasteiger charge is 2.30. The number of carbonyl (C=O) groups excluding carboxylic acids is 1. The van der Waals surface area contributed by atoms with Crippen LogP contribution in [0, 0.1) is 15.5 Å². The molecular weight excluding hydrogens is 900 g/mol. The smallest absolute Gasteiger partial charge is 0.294 e. The third-order valence-corrected chi connectivity index (χ3v) is 14.1. The van der Waals surface area contributed by atoms with Crippen molar-refractivity contribution in [3.05, 3.63) is 183 Å². The third kappa shape index (κ3) is 10.3. The predicted octanol–water partition coefficient (Wildman–Crippen LogP) is 10.9. The number of anilines is 2. The number of halogens is 1. The summed E-state index contributed by atoms with van der Waals surface area (Å²) in [7, 11) is -3.10. The Labute approximate surface area is 399 Å². The average molecular weight is 950 g/mol. The minimum Gasteiger partial charge on any atom is -0.455 e. The topological polar surface area (TPSA) is 177 Å². The SMILES string of the molecule is CN(c1nccc(Cc2ccccc2)n1)c1ccc(S(=O)(=O)NC(=O)c2ccc(C3=CCN(CC4=C(c5ccc(Cl)cc5)CC(C)(C)CC4)CC3)cc2Oc2cnc3[nH]ccc3c2)cc1[N+](=O)[O-]. The van der Waals surface area contributed by atoms with Gasteiger partial charge in [0.2, 0.25) is 5.95 Å². The van der Waals surface area contributed by atoms with Gasteiger partial charge in [-0.3, -0.25) is 19.8 Å². The quantitative estimate of drug-likeness (QED) is 0.0783. The Bertz CT molecular complexity index is 3230. The van der Waals surface area contributed by atoms with Gasteiger partial charge >= 0.3 is 0 Å². The molecule has 4 heterocycles. The van der Waals surface area contributed by atoms with Gasteiger partial charge in [-0.15, -0.1) is 0 Å². The largest absolute Gasteiger partial charge is 0.455 e. The molecule has 0 atom stereocenters. The van der Waals surface area contributed by atoms with Crippen LogP contribution in [0.1, 0.15) is 72.3 Å². The Kier molecular flexibility index (Phi) is 13.0. The molecule has 0 spiro atoms. The molecule has 7 aromatic rings. The van der Waals surface area contributed by atoms with Crippen molar-refractivity contribution in [1.29, 1.82) is 0 Å². The number of fused-ring (bicyclic) bond motifs is 1. The van der Waals surface area contributed by atoms with E-state index in [4.69, 9.17) is 16.3 Å². The van der Waals surface area contributed by atoms with Crippen molar-refractivity contribution in [3.63, 3.8) is 0 Å². The average Bonchev–Trinajstić information content (AvgIpc) is 3.80. The number of aromatic amines is 1. The van der Waals surface area contributed by atoms with Crippen LogP contribution < -0.4 is 14.4 Å². The molecule has 4 aromatic carbocycles. The van der Waals surface area contributed by atoms with Gasteiger partial charge in [-0.05, 0) is 114 Å². The second kappa shape index (κ2) is 19.2. The number of nitrogens with zero attached hydrogens (tertiary/aromatic N) is 6. The molecule has 0 saturated carbocycles. The lowest BCUT2D eigenvalue weighted by molar-refractivity contribution is -0.384. The van der Waals surface area contributed by atoms with Gasteiger partial charge < -0.3 is 14.6 Å². The maximum atomic E-state index is 14.1. The fraction of sp³-hybridized carbons (Fsp3) is 0.231. The van der Waals surface area contributed by atoms with E-state index >= 15 is 0 Å². The molecule has 9 rings (SSSR count). The number of carbonyl (C=O) groups is 1. The van der Waals surface area contributed by atoms with Crippen LogP contribution in [0.25, 0.3) is 22.2 Å². The number of H-pyrrole nitrogens is 1. The first-order chi connectivity index (χ1) is 32.7. The molecule has 0 radical (unpaired) electrons. The monoisotopic (exact) mass is 948 g/mol. The Hall–Kier alpha value is -7.20. The second-order valence-corrected chi connectivity index (χ2v) is 20.1. The van der Waals surface area contributed by atoms with Gasteiger partial charge in [-0.25, -0.2) is 28.1 Å². The minimum absolute atomic E-state index is 0.0503. The van der Waals surface area contributed by atoms with E-state index in [1.807, 2.05) is 48.5 Å². The summed E-state index contributed by atoms with van der Waals surface area (Å²) in [5.41, 5.74) is 7.98. The fourth-order valence-electron chi connectivity index (χ4n) is 8.84. The van der Waals surface area contributed by atoms with Crippen LogP contribution in [0.4, 0.5) is 17.3 Å². The van der Waals surface area contributed by atoms with Crippen LogP contribution in [0.15, 0.2) is 144 Å². The summed E-state index contributed by atoms with van der Waals surface area (Å²) >= 11 is 6.25. The molecule has 0 bridgehead atoms. The Morgan fingerprint density at radius 2 is 1.76 bits per heavy atom. The fourth-order valence-corrected chi connectivity index (χ4v) is 9.95. The molecule has 0 saturated heterocycles. The van der Waals surface area contributed by atoms with Crippen molar-refractivity contribution in [2.75, 3.05) is 31.6 Å². The van der Waals surface area contributed by atoms with E-state index in [2.05, 4.69) is 61.6 Å². The van der Waals surface area contributed by atoms with Crippen LogP contribution in [0.5, 0.6) is 11.5 Å². The predicted molar refractivity (Wildman–Crippen MR) is 265 cm³/mol. The molecule has 346 valence electrons. The van der Waals surface area contributed by atoms with Gasteiger partial charge in [-0.2, -0.15) is 0 Å². The van der Waals surface area contributed by atoms with Gasteiger partial charge in [0.15, 0.2) is 0 Å². The van der Waals surface area contributed by atoms with Crippen LogP contribution in [-0.4, -0.2) is 70.8 Å². The summed E-state index contributed by atoms with van der Waals surface area (Å²) in [6.07, 6.45) is 11.4. The van der Waals surface area contributed by atoms with E-state index in [0.717, 1.165) is 78.5 Å². The number of ether oxygens (including phenoxy) is 1. The van der Waals surface area contributed by atoms with Crippen molar-refractivity contribution in [2.24, 2.45) is 5.41 Å². The van der Waals surface area contributed by atoms with Crippen LogP contribution >= 0.6 is 11.6 Å². The first kappa shape index (κ1) is 45.9. The molecule has 2 N–H and O–H groups in total. The Balaban J connectivity index is 0.960. The molecule has 14 nitrogen and oxygen atoms in total. The van der Waals surface area contributed by atoms with Gasteiger partial charge in [0, 0.05) is 62.0 Å². The molecule has 1 aliphatic heterocycles. The molecule has 1 aliphatic carbocycles. The summed E-state index contributed by atoms with van der Waals surface area (Å²) in [5, 5.41) is 14.0. The van der Waals surface area contributed by atoms with Crippen LogP contribution in [0.2, 0.25) is 5.02 Å². The number of benzene rings is 4. The van der Waals surface area contributed by atoms with Crippen molar-refractivity contribution in [1.82, 2.24) is 29.6 Å². The number of nitro benzene ring substituents is 1. The number of hydrogen-bond acceptors (Lipinski definition) is 11. The van der Waals surface area contributed by atoms with Gasteiger partial charge in [-0.1, -0.05) is 85.6 Å². The summed E-state index contributed by atoms with van der Waals surface area (Å²) in [4.78, 5) is 45.6. The normalized spacial score (nSPS) is 15.2. The first-order valence-electron chi connectivity index (χ1n) is 22.3. The lowest BCUT2D eigenvalue weighted by Crippen LogP contribution is -2.32. The van der Waals surface area contributed by atoms with Crippen molar-refractivity contribution in [3.8, 4) is 11.5 Å². The maximum absolute atomic E-state index is 14.1. The van der Waals surface area contributed by atoms with Crippen molar-refractivity contribution < 1.29 is 22.9 Å². The van der Waals surface area contributed by atoms with E-state index in [0.29, 0.717) is 23.5 Å². The number of pyridine rings is 1. The molecular formula is C52H49ClN8O6S. The van der Waals surface area contributed by atoms with Crippen molar-refractivity contribution in [2.45, 2.75) is 50.8 Å². The number of sulfonamides is 1. The number of nitro groups is 1. The van der Waals surface area contributed by atoms with E-state index in [1.165, 1.54) is 46.0 Å². The second-order valence-electron chi connectivity index (χ2n) is 18.0. The molecule has 68 heavy (non-hydrogen) atoms. The first-order valence-corrected chi connectivity index (χ1v) is 24.1. The minimum atomic E-state index is -4.65. The number of rotatable bonds is 14. The number of allylic oxidation sites excluding steroid dienone is 1. The number of hydrogen-bond donors (Lipinski definition) is 2. The number of nitrogens with one attached hydrogen (secondary N) is 2. The van der Waals surface area contributed by atoms with Gasteiger partial charge in [0.1, 0.15) is 22.8 Å². The van der Waals surface area contributed by atoms with E-state index in [-0.39, 0.29) is 28.4 Å². The highest BCUT2D eigenvalue weighted by molar-refractivity contribution is 7.90. The molecule has 0 fully saturated rings. The highest BCUT2D eigenvalue weighted by Crippen LogP contribution is 2.44. The third-order valence-electron chi connectivity index (χ3n) is 12.6. The van der Waals surface area contributed by atoms with Gasteiger partial charge in [0.25, 0.3) is 21.6 Å². The van der Waals surface area contributed by atoms with E-state index in [9.17, 15) is 23.3 Å². The zero-order valence-corrected chi connectivity index (χ0v) is 39.3.